The zero-order chi connectivity index (χ0) is 15.7. The quantitative estimate of drug-likeness (QED) is 0.635. The molecule has 0 radical (unpaired) electrons. The third-order valence-corrected chi connectivity index (χ3v) is 2.76. The van der Waals surface area contributed by atoms with Crippen LogP contribution in [0.25, 0.3) is 0 Å². The van der Waals surface area contributed by atoms with Crippen LogP contribution in [0.5, 0.6) is 5.75 Å². The largest absolute Gasteiger partial charge is 0.471 e. The predicted octanol–water partition coefficient (Wildman–Crippen LogP) is 3.96. The minimum atomic E-state index is -5.62. The van der Waals surface area contributed by atoms with Gasteiger partial charge in [0, 0.05) is 4.47 Å². The number of benzene rings is 1. The second kappa shape index (κ2) is 5.76. The Labute approximate surface area is 123 Å². The topological polar surface area (TPSA) is 35.2 Å². The first-order valence-corrected chi connectivity index (χ1v) is 6.02. The van der Waals surface area contributed by atoms with E-state index in [1.54, 1.807) is 0 Å². The lowest BCUT2D eigenvalue weighted by Gasteiger charge is -2.25. The Morgan fingerprint density at radius 2 is 1.65 bits per heavy atom. The van der Waals surface area contributed by atoms with Crippen LogP contribution in [0.2, 0.25) is 0 Å². The van der Waals surface area contributed by atoms with Crippen LogP contribution in [0.1, 0.15) is 5.56 Å². The van der Waals surface area contributed by atoms with Crippen LogP contribution in [0.15, 0.2) is 22.7 Å². The van der Waals surface area contributed by atoms with Gasteiger partial charge >= 0.3 is 12.4 Å². The lowest BCUT2D eigenvalue weighted by molar-refractivity contribution is -0.299. The highest BCUT2D eigenvalue weighted by atomic mass is 79.9. The molecule has 1 aromatic carbocycles. The van der Waals surface area contributed by atoms with Crippen molar-refractivity contribution in [2.75, 3.05) is 0 Å². The molecule has 0 atom stereocenters. The van der Waals surface area contributed by atoms with Crippen LogP contribution in [-0.4, -0.2) is 23.4 Å². The van der Waals surface area contributed by atoms with Gasteiger partial charge in [-0.1, -0.05) is 28.1 Å². The molecule has 1 rings (SSSR count). The number of hydrogen-bond donors (Lipinski definition) is 1. The van der Waals surface area contributed by atoms with Crippen LogP contribution >= 0.6 is 28.1 Å². The summed E-state index contributed by atoms with van der Waals surface area (Å²) in [5.41, 5.74) is 5.01. The van der Waals surface area contributed by atoms with Crippen LogP contribution in [0.4, 0.5) is 26.3 Å². The molecule has 0 aliphatic carbocycles. The zero-order valence-corrected chi connectivity index (χ0v) is 11.8. The summed E-state index contributed by atoms with van der Waals surface area (Å²) in [6.07, 6.45) is -15.2. The van der Waals surface area contributed by atoms with E-state index < -0.39 is 24.2 Å². The lowest BCUT2D eigenvalue weighted by atomic mass is 10.2. The van der Waals surface area contributed by atoms with Gasteiger partial charge in [0.25, 0.3) is 6.10 Å². The van der Waals surface area contributed by atoms with Crippen LogP contribution < -0.4 is 10.5 Å². The highest BCUT2D eigenvalue weighted by molar-refractivity contribution is 9.10. The van der Waals surface area contributed by atoms with E-state index >= 15 is 0 Å². The molecule has 0 heterocycles. The molecular formula is C10H6BrF6NOS. The maximum Gasteiger partial charge on any atom is 0.434 e. The summed E-state index contributed by atoms with van der Waals surface area (Å²) >= 11 is 7.46. The molecule has 0 aromatic heterocycles. The SMILES string of the molecule is NC(=S)c1ccc(Br)cc1OC(C(F)(F)F)C(F)(F)F. The van der Waals surface area contributed by atoms with Gasteiger partial charge < -0.3 is 10.5 Å². The summed E-state index contributed by atoms with van der Waals surface area (Å²) in [5.74, 6) is -0.702. The van der Waals surface area contributed by atoms with E-state index in [9.17, 15) is 26.3 Å². The summed E-state index contributed by atoms with van der Waals surface area (Å²) in [4.78, 5) is -0.379. The van der Waals surface area contributed by atoms with E-state index in [2.05, 4.69) is 32.9 Å². The molecule has 0 fully saturated rings. The molecule has 0 aliphatic rings. The van der Waals surface area contributed by atoms with Crippen molar-refractivity contribution in [3.8, 4) is 5.75 Å². The highest BCUT2D eigenvalue weighted by Gasteiger charge is 2.59. The molecule has 0 spiro atoms. The predicted molar refractivity (Wildman–Crippen MR) is 66.6 cm³/mol. The molecule has 0 saturated carbocycles. The van der Waals surface area contributed by atoms with E-state index in [0.717, 1.165) is 12.1 Å². The van der Waals surface area contributed by atoms with Gasteiger partial charge in [-0.2, -0.15) is 26.3 Å². The highest BCUT2D eigenvalue weighted by Crippen LogP contribution is 2.37. The molecule has 0 bridgehead atoms. The zero-order valence-electron chi connectivity index (χ0n) is 9.35. The fourth-order valence-corrected chi connectivity index (χ4v) is 1.75. The van der Waals surface area contributed by atoms with Gasteiger partial charge in [-0.25, -0.2) is 0 Å². The van der Waals surface area contributed by atoms with E-state index in [1.165, 1.54) is 6.07 Å². The maximum atomic E-state index is 12.4. The van der Waals surface area contributed by atoms with Gasteiger partial charge in [0.15, 0.2) is 0 Å². The maximum absolute atomic E-state index is 12.4. The average molecular weight is 382 g/mol. The third kappa shape index (κ3) is 4.23. The van der Waals surface area contributed by atoms with Gasteiger partial charge in [-0.15, -0.1) is 0 Å². The standard InChI is InChI=1S/C10H6BrF6NOS/c11-4-1-2-5(7(18)20)6(3-4)19-8(9(12,13)14)10(15,16)17/h1-3,8H,(H2,18,20). The Morgan fingerprint density at radius 1 is 1.15 bits per heavy atom. The van der Waals surface area contributed by atoms with Gasteiger partial charge in [-0.05, 0) is 18.2 Å². The second-order valence-corrected chi connectivity index (χ2v) is 4.94. The molecule has 112 valence electrons. The fourth-order valence-electron chi connectivity index (χ4n) is 1.24. The van der Waals surface area contributed by atoms with Gasteiger partial charge in [0.2, 0.25) is 0 Å². The van der Waals surface area contributed by atoms with Crippen molar-refractivity contribution in [3.63, 3.8) is 0 Å². The van der Waals surface area contributed by atoms with Gasteiger partial charge in [-0.3, -0.25) is 0 Å². The first-order chi connectivity index (χ1) is 8.93. The average Bonchev–Trinajstić information content (AvgIpc) is 2.22. The Balaban J connectivity index is 3.24. The number of thiocarbonyl (C=S) groups is 1. The molecule has 2 nitrogen and oxygen atoms in total. The molecule has 0 saturated heterocycles. The van der Waals surface area contributed by atoms with Crippen molar-refractivity contribution < 1.29 is 31.1 Å². The summed E-state index contributed by atoms with van der Waals surface area (Å²) < 4.78 is 78.8. The Bertz CT molecular complexity index is 501. The first kappa shape index (κ1) is 17.0. The van der Waals surface area contributed by atoms with Crippen molar-refractivity contribution in [1.29, 1.82) is 0 Å². The summed E-state index contributed by atoms with van der Waals surface area (Å²) in [6.45, 7) is 0. The van der Waals surface area contributed by atoms with Crippen LogP contribution in [0.3, 0.4) is 0 Å². The molecule has 2 N–H and O–H groups in total. The smallest absolute Gasteiger partial charge is 0.434 e. The molecule has 10 heteroatoms. The summed E-state index contributed by atoms with van der Waals surface area (Å²) in [5, 5.41) is 0. The van der Waals surface area contributed by atoms with Crippen molar-refractivity contribution in [1.82, 2.24) is 0 Å². The molecule has 1 aromatic rings. The van der Waals surface area contributed by atoms with E-state index in [4.69, 9.17) is 5.73 Å². The van der Waals surface area contributed by atoms with Crippen molar-refractivity contribution in [2.45, 2.75) is 18.5 Å². The molecular weight excluding hydrogens is 376 g/mol. The summed E-state index contributed by atoms with van der Waals surface area (Å²) in [7, 11) is 0. The molecule has 0 amide bonds. The Kier molecular flexibility index (Phi) is 4.90. The van der Waals surface area contributed by atoms with E-state index in [0.29, 0.717) is 0 Å². The molecule has 20 heavy (non-hydrogen) atoms. The normalized spacial score (nSPS) is 12.6. The number of hydrogen-bond acceptors (Lipinski definition) is 2. The van der Waals surface area contributed by atoms with Crippen molar-refractivity contribution >= 4 is 33.1 Å². The number of ether oxygens (including phenoxy) is 1. The first-order valence-electron chi connectivity index (χ1n) is 4.82. The summed E-state index contributed by atoms with van der Waals surface area (Å²) in [6, 6.07) is 3.45. The monoisotopic (exact) mass is 381 g/mol. The number of nitrogens with two attached hydrogens (primary N) is 1. The number of alkyl halides is 6. The lowest BCUT2D eigenvalue weighted by Crippen LogP contribution is -2.46. The van der Waals surface area contributed by atoms with Gasteiger partial charge in [0.05, 0.1) is 5.56 Å². The fraction of sp³-hybridized carbons (Fsp3) is 0.300. The minimum absolute atomic E-state index is 0.218. The number of rotatable bonds is 3. The number of halogens is 7. The molecule has 0 aliphatic heterocycles. The van der Waals surface area contributed by atoms with Gasteiger partial charge in [0.1, 0.15) is 10.7 Å². The van der Waals surface area contributed by atoms with Crippen molar-refractivity contribution in [2.24, 2.45) is 5.73 Å². The Morgan fingerprint density at radius 3 is 2.05 bits per heavy atom. The van der Waals surface area contributed by atoms with E-state index in [-0.39, 0.29) is 15.0 Å². The second-order valence-electron chi connectivity index (χ2n) is 3.59. The van der Waals surface area contributed by atoms with E-state index in [1.807, 2.05) is 0 Å². The molecule has 0 unspecified atom stereocenters. The van der Waals surface area contributed by atoms with Crippen molar-refractivity contribution in [3.05, 3.63) is 28.2 Å². The third-order valence-electron chi connectivity index (χ3n) is 2.05. The minimum Gasteiger partial charge on any atom is -0.471 e. The van der Waals surface area contributed by atoms with Crippen LogP contribution in [-0.2, 0) is 0 Å². The Hall–Kier alpha value is -1.03. The van der Waals surface area contributed by atoms with Crippen LogP contribution in [0, 0.1) is 0 Å².